The minimum absolute atomic E-state index is 0.736. The van der Waals surface area contributed by atoms with Crippen molar-refractivity contribution in [3.8, 4) is 0 Å². The van der Waals surface area contributed by atoms with Crippen LogP contribution in [0, 0.1) is 11.8 Å². The predicted octanol–water partition coefficient (Wildman–Crippen LogP) is 1.67. The summed E-state index contributed by atoms with van der Waals surface area (Å²) in [6, 6.07) is 0. The molecule has 1 nitrogen and oxygen atoms in total. The molecule has 2 atom stereocenters. The Hall–Kier alpha value is -0.630. The average Bonchev–Trinajstić information content (AvgIpc) is 2.80. The Balaban J connectivity index is 2.19. The van der Waals surface area contributed by atoms with Gasteiger partial charge in [0.2, 0.25) is 0 Å². The third kappa shape index (κ3) is 1.11. The van der Waals surface area contributed by atoms with Crippen LogP contribution in [0.5, 0.6) is 0 Å². The highest BCUT2D eigenvalue weighted by molar-refractivity contribution is 7.80. The van der Waals surface area contributed by atoms with Crippen molar-refractivity contribution < 1.29 is 0 Å². The Kier molecular flexibility index (Phi) is 1.57. The van der Waals surface area contributed by atoms with Gasteiger partial charge in [0.1, 0.15) is 4.99 Å². The molecule has 2 aliphatic carbocycles. The molecule has 0 amide bonds. The highest BCUT2D eigenvalue weighted by atomic mass is 32.1. The van der Waals surface area contributed by atoms with Gasteiger partial charge in [-0.25, -0.2) is 0 Å². The largest absolute Gasteiger partial charge is 0.379 e. The van der Waals surface area contributed by atoms with Crippen LogP contribution in [0.3, 0.4) is 0 Å². The lowest BCUT2D eigenvalue weighted by Gasteiger charge is -2.08. The summed E-state index contributed by atoms with van der Waals surface area (Å²) in [5, 5.41) is 3.02. The van der Waals surface area contributed by atoms with E-state index >= 15 is 0 Å². The van der Waals surface area contributed by atoms with E-state index in [2.05, 4.69) is 23.5 Å². The molecule has 0 radical (unpaired) electrons. The molecule has 0 aromatic heterocycles. The number of nitrogens with one attached hydrogen (secondary N) is 1. The first kappa shape index (κ1) is 7.04. The number of hydrogen-bond donors (Lipinski definition) is 1. The molecule has 2 aliphatic rings. The molecule has 2 heteroatoms. The van der Waals surface area contributed by atoms with Gasteiger partial charge in [-0.1, -0.05) is 30.4 Å². The molecule has 0 spiro atoms. The Morgan fingerprint density at radius 2 is 2.55 bits per heavy atom. The van der Waals surface area contributed by atoms with Gasteiger partial charge in [0.15, 0.2) is 0 Å². The molecule has 0 heterocycles. The van der Waals surface area contributed by atoms with Gasteiger partial charge in [-0.15, -0.1) is 0 Å². The quantitative estimate of drug-likeness (QED) is 0.593. The van der Waals surface area contributed by atoms with Crippen LogP contribution in [0.25, 0.3) is 0 Å². The van der Waals surface area contributed by atoms with Crippen LogP contribution in [-0.4, -0.2) is 12.0 Å². The van der Waals surface area contributed by atoms with Crippen LogP contribution in [0.2, 0.25) is 0 Å². The summed E-state index contributed by atoms with van der Waals surface area (Å²) in [7, 11) is 1.89. The standard InChI is InChI=1S/C9H11NS/c1-10-9(11)7-4-2-3-6-5-8(6)7/h2-4,6,8H,5H2,1H3,(H,10,11). The van der Waals surface area contributed by atoms with E-state index in [0.717, 1.165) is 16.8 Å². The number of thiocarbonyl (C=S) groups is 1. The highest BCUT2D eigenvalue weighted by Gasteiger charge is 2.40. The smallest absolute Gasteiger partial charge is 0.102 e. The van der Waals surface area contributed by atoms with E-state index in [-0.39, 0.29) is 0 Å². The van der Waals surface area contributed by atoms with Crippen molar-refractivity contribution in [1.82, 2.24) is 5.32 Å². The molecule has 0 saturated heterocycles. The van der Waals surface area contributed by atoms with Gasteiger partial charge in [0, 0.05) is 7.05 Å². The van der Waals surface area contributed by atoms with Crippen LogP contribution in [0.1, 0.15) is 6.42 Å². The van der Waals surface area contributed by atoms with Crippen molar-refractivity contribution in [3.05, 3.63) is 23.8 Å². The van der Waals surface area contributed by atoms with Crippen LogP contribution in [0.4, 0.5) is 0 Å². The van der Waals surface area contributed by atoms with Gasteiger partial charge in [-0.2, -0.15) is 0 Å². The number of hydrogen-bond acceptors (Lipinski definition) is 1. The van der Waals surface area contributed by atoms with E-state index in [1.54, 1.807) is 0 Å². The maximum Gasteiger partial charge on any atom is 0.102 e. The summed E-state index contributed by atoms with van der Waals surface area (Å²) < 4.78 is 0. The maximum atomic E-state index is 5.17. The summed E-state index contributed by atoms with van der Waals surface area (Å²) in [5.41, 5.74) is 1.33. The summed E-state index contributed by atoms with van der Waals surface area (Å²) in [6.45, 7) is 0. The van der Waals surface area contributed by atoms with E-state index in [0.29, 0.717) is 0 Å². The van der Waals surface area contributed by atoms with Crippen LogP contribution in [0.15, 0.2) is 23.8 Å². The Bertz CT molecular complexity index is 252. The normalized spacial score (nSPS) is 32.3. The summed E-state index contributed by atoms with van der Waals surface area (Å²) in [6.07, 6.45) is 7.82. The lowest BCUT2D eigenvalue weighted by atomic mass is 10.1. The zero-order valence-corrected chi connectivity index (χ0v) is 7.32. The summed E-state index contributed by atoms with van der Waals surface area (Å²) >= 11 is 5.17. The number of likely N-dealkylation sites (N-methyl/N-ethyl adjacent to an activating group) is 1. The second-order valence-corrected chi connectivity index (χ2v) is 3.50. The third-order valence-electron chi connectivity index (χ3n) is 2.36. The van der Waals surface area contributed by atoms with Crippen molar-refractivity contribution >= 4 is 17.2 Å². The predicted molar refractivity (Wildman–Crippen MR) is 50.5 cm³/mol. The van der Waals surface area contributed by atoms with Crippen molar-refractivity contribution in [3.63, 3.8) is 0 Å². The van der Waals surface area contributed by atoms with E-state index in [4.69, 9.17) is 12.2 Å². The Labute approximate surface area is 72.2 Å². The lowest BCUT2D eigenvalue weighted by Crippen LogP contribution is -2.19. The fraction of sp³-hybridized carbons (Fsp3) is 0.444. The minimum atomic E-state index is 0.736. The molecule has 0 aliphatic heterocycles. The van der Waals surface area contributed by atoms with E-state index in [1.807, 2.05) is 7.05 Å². The van der Waals surface area contributed by atoms with Crippen LogP contribution >= 0.6 is 12.2 Å². The van der Waals surface area contributed by atoms with Crippen LogP contribution < -0.4 is 5.32 Å². The van der Waals surface area contributed by atoms with Crippen molar-refractivity contribution in [2.24, 2.45) is 11.8 Å². The highest BCUT2D eigenvalue weighted by Crippen LogP contribution is 2.47. The number of rotatable bonds is 1. The average molecular weight is 165 g/mol. The molecule has 0 aromatic carbocycles. The van der Waals surface area contributed by atoms with Gasteiger partial charge in [-0.05, 0) is 23.8 Å². The first-order valence-electron chi connectivity index (χ1n) is 3.93. The monoisotopic (exact) mass is 165 g/mol. The van der Waals surface area contributed by atoms with E-state index in [1.165, 1.54) is 12.0 Å². The fourth-order valence-corrected chi connectivity index (χ4v) is 1.82. The molecule has 2 unspecified atom stereocenters. The van der Waals surface area contributed by atoms with Crippen LogP contribution in [-0.2, 0) is 0 Å². The number of fused-ring (bicyclic) bond motifs is 1. The van der Waals surface area contributed by atoms with Crippen molar-refractivity contribution in [1.29, 1.82) is 0 Å². The second-order valence-electron chi connectivity index (χ2n) is 3.09. The molecule has 1 fully saturated rings. The zero-order valence-electron chi connectivity index (χ0n) is 6.50. The Morgan fingerprint density at radius 3 is 3.27 bits per heavy atom. The third-order valence-corrected chi connectivity index (χ3v) is 2.80. The molecule has 1 N–H and O–H groups in total. The Morgan fingerprint density at radius 1 is 1.73 bits per heavy atom. The van der Waals surface area contributed by atoms with Gasteiger partial charge in [-0.3, -0.25) is 0 Å². The summed E-state index contributed by atoms with van der Waals surface area (Å²) in [5.74, 6) is 1.53. The van der Waals surface area contributed by atoms with Crippen molar-refractivity contribution in [2.75, 3.05) is 7.05 Å². The first-order chi connectivity index (χ1) is 5.33. The van der Waals surface area contributed by atoms with Gasteiger partial charge in [0.25, 0.3) is 0 Å². The molecular formula is C9H11NS. The number of allylic oxidation sites excluding steroid dienone is 3. The maximum absolute atomic E-state index is 5.17. The van der Waals surface area contributed by atoms with E-state index in [9.17, 15) is 0 Å². The molecular weight excluding hydrogens is 154 g/mol. The zero-order chi connectivity index (χ0) is 7.84. The second kappa shape index (κ2) is 2.45. The van der Waals surface area contributed by atoms with Gasteiger partial charge >= 0.3 is 0 Å². The first-order valence-corrected chi connectivity index (χ1v) is 4.34. The fourth-order valence-electron chi connectivity index (χ4n) is 1.60. The molecule has 11 heavy (non-hydrogen) atoms. The van der Waals surface area contributed by atoms with Crippen molar-refractivity contribution in [2.45, 2.75) is 6.42 Å². The van der Waals surface area contributed by atoms with Gasteiger partial charge in [0.05, 0.1) is 0 Å². The SMILES string of the molecule is CNC(=S)C1=CC=CC2CC12. The lowest BCUT2D eigenvalue weighted by molar-refractivity contribution is 0.941. The van der Waals surface area contributed by atoms with E-state index < -0.39 is 0 Å². The summed E-state index contributed by atoms with van der Waals surface area (Å²) in [4.78, 5) is 0.918. The minimum Gasteiger partial charge on any atom is -0.379 e. The molecule has 58 valence electrons. The molecule has 0 aromatic rings. The molecule has 0 bridgehead atoms. The topological polar surface area (TPSA) is 12.0 Å². The van der Waals surface area contributed by atoms with Gasteiger partial charge < -0.3 is 5.32 Å². The molecule has 2 rings (SSSR count). The molecule has 1 saturated carbocycles.